The minimum atomic E-state index is 0.0350. The Bertz CT molecular complexity index is 620. The second-order valence-electron chi connectivity index (χ2n) is 5.85. The van der Waals surface area contributed by atoms with E-state index in [2.05, 4.69) is 29.0 Å². The van der Waals surface area contributed by atoms with Gasteiger partial charge in [0.1, 0.15) is 5.69 Å². The molecule has 1 aliphatic rings. The van der Waals surface area contributed by atoms with Crippen molar-refractivity contribution in [3.8, 4) is 0 Å². The van der Waals surface area contributed by atoms with Crippen LogP contribution in [0.4, 0.5) is 0 Å². The van der Waals surface area contributed by atoms with Crippen molar-refractivity contribution in [3.63, 3.8) is 0 Å². The quantitative estimate of drug-likeness (QED) is 0.942. The van der Waals surface area contributed by atoms with Crippen LogP contribution in [0.3, 0.4) is 0 Å². The Morgan fingerprint density at radius 3 is 2.95 bits per heavy atom. The number of rotatable bonds is 3. The number of hydrogen-bond acceptors (Lipinski definition) is 3. The van der Waals surface area contributed by atoms with Gasteiger partial charge in [-0.05, 0) is 30.5 Å². The second-order valence-corrected chi connectivity index (χ2v) is 5.85. The van der Waals surface area contributed by atoms with Gasteiger partial charge in [-0.25, -0.2) is 0 Å². The molecule has 0 radical (unpaired) electrons. The van der Waals surface area contributed by atoms with Crippen molar-refractivity contribution in [2.75, 3.05) is 13.1 Å². The van der Waals surface area contributed by atoms with Crippen LogP contribution in [0.5, 0.6) is 0 Å². The molecule has 0 aliphatic carbocycles. The zero-order valence-corrected chi connectivity index (χ0v) is 12.4. The highest BCUT2D eigenvalue weighted by Crippen LogP contribution is 2.26. The van der Waals surface area contributed by atoms with Crippen molar-refractivity contribution >= 4 is 5.91 Å². The standard InChI is InChI=1S/C16H20N4O/c1-11(2)14-9-15(19-18-14)16(21)20-8-6-12(10-20)13-5-3-4-7-17-13/h3-5,7,9,11-12H,6,8,10H2,1-2H3,(H,18,19). The first kappa shape index (κ1) is 13.8. The first-order chi connectivity index (χ1) is 10.1. The van der Waals surface area contributed by atoms with Crippen molar-refractivity contribution in [3.05, 3.63) is 47.5 Å². The summed E-state index contributed by atoms with van der Waals surface area (Å²) in [7, 11) is 0. The molecule has 0 saturated carbocycles. The third kappa shape index (κ3) is 2.82. The molecule has 1 saturated heterocycles. The normalized spacial score (nSPS) is 18.4. The highest BCUT2D eigenvalue weighted by atomic mass is 16.2. The smallest absolute Gasteiger partial charge is 0.271 e. The van der Waals surface area contributed by atoms with Crippen molar-refractivity contribution in [1.82, 2.24) is 20.1 Å². The van der Waals surface area contributed by atoms with E-state index in [9.17, 15) is 4.79 Å². The summed E-state index contributed by atoms with van der Waals surface area (Å²) in [6.45, 7) is 5.64. The fourth-order valence-electron chi connectivity index (χ4n) is 2.72. The summed E-state index contributed by atoms with van der Waals surface area (Å²) in [5.74, 6) is 0.693. The minimum Gasteiger partial charge on any atom is -0.337 e. The van der Waals surface area contributed by atoms with E-state index in [4.69, 9.17) is 0 Å². The molecule has 2 aromatic heterocycles. The van der Waals surface area contributed by atoms with Gasteiger partial charge >= 0.3 is 0 Å². The Hall–Kier alpha value is -2.17. The first-order valence-electron chi connectivity index (χ1n) is 7.40. The van der Waals surface area contributed by atoms with Crippen LogP contribution in [0.1, 0.15) is 54.0 Å². The molecule has 1 unspecified atom stereocenters. The zero-order valence-electron chi connectivity index (χ0n) is 12.4. The van der Waals surface area contributed by atoms with Gasteiger partial charge in [0.15, 0.2) is 0 Å². The van der Waals surface area contributed by atoms with E-state index in [1.807, 2.05) is 35.4 Å². The predicted molar refractivity (Wildman–Crippen MR) is 80.2 cm³/mol. The van der Waals surface area contributed by atoms with E-state index in [1.165, 1.54) is 0 Å². The zero-order chi connectivity index (χ0) is 14.8. The molecule has 3 heterocycles. The molecule has 21 heavy (non-hydrogen) atoms. The molecule has 1 fully saturated rings. The Morgan fingerprint density at radius 2 is 2.29 bits per heavy atom. The lowest BCUT2D eigenvalue weighted by Crippen LogP contribution is -2.28. The Balaban J connectivity index is 1.69. The van der Waals surface area contributed by atoms with Crippen LogP contribution in [0.2, 0.25) is 0 Å². The van der Waals surface area contributed by atoms with E-state index >= 15 is 0 Å². The number of nitrogens with one attached hydrogen (secondary N) is 1. The van der Waals surface area contributed by atoms with Gasteiger partial charge in [0.2, 0.25) is 0 Å². The summed E-state index contributed by atoms with van der Waals surface area (Å²) in [4.78, 5) is 18.8. The lowest BCUT2D eigenvalue weighted by molar-refractivity contribution is 0.0785. The lowest BCUT2D eigenvalue weighted by atomic mass is 10.0. The molecular formula is C16H20N4O. The van der Waals surface area contributed by atoms with Gasteiger partial charge in [0.05, 0.1) is 5.69 Å². The first-order valence-corrected chi connectivity index (χ1v) is 7.40. The van der Waals surface area contributed by atoms with Gasteiger partial charge in [-0.15, -0.1) is 0 Å². The number of aromatic nitrogens is 3. The number of nitrogens with zero attached hydrogens (tertiary/aromatic N) is 3. The number of hydrogen-bond donors (Lipinski definition) is 1. The summed E-state index contributed by atoms with van der Waals surface area (Å²) >= 11 is 0. The molecule has 0 aromatic carbocycles. The summed E-state index contributed by atoms with van der Waals surface area (Å²) < 4.78 is 0. The van der Waals surface area contributed by atoms with Crippen LogP contribution in [-0.2, 0) is 0 Å². The Kier molecular flexibility index (Phi) is 3.73. The molecule has 1 N–H and O–H groups in total. The monoisotopic (exact) mass is 284 g/mol. The maximum absolute atomic E-state index is 12.5. The molecule has 0 spiro atoms. The van der Waals surface area contributed by atoms with Crippen molar-refractivity contribution in [1.29, 1.82) is 0 Å². The van der Waals surface area contributed by atoms with Crippen molar-refractivity contribution in [2.45, 2.75) is 32.1 Å². The second kappa shape index (κ2) is 5.68. The average Bonchev–Trinajstić information content (AvgIpc) is 3.17. The maximum atomic E-state index is 12.5. The summed E-state index contributed by atoms with van der Waals surface area (Å²) in [6, 6.07) is 7.81. The molecular weight excluding hydrogens is 264 g/mol. The van der Waals surface area contributed by atoms with Crippen molar-refractivity contribution < 1.29 is 4.79 Å². The molecule has 1 aliphatic heterocycles. The number of carbonyl (C=O) groups excluding carboxylic acids is 1. The molecule has 1 amide bonds. The van der Waals surface area contributed by atoms with Gasteiger partial charge < -0.3 is 4.90 Å². The van der Waals surface area contributed by atoms with Crippen LogP contribution in [0, 0.1) is 0 Å². The highest BCUT2D eigenvalue weighted by molar-refractivity contribution is 5.92. The summed E-state index contributed by atoms with van der Waals surface area (Å²) in [5, 5.41) is 7.06. The molecule has 110 valence electrons. The van der Waals surface area contributed by atoms with Gasteiger partial charge in [-0.1, -0.05) is 19.9 Å². The number of pyridine rings is 1. The molecule has 1 atom stereocenters. The lowest BCUT2D eigenvalue weighted by Gasteiger charge is -2.15. The number of aromatic amines is 1. The van der Waals surface area contributed by atoms with E-state index in [1.54, 1.807) is 0 Å². The SMILES string of the molecule is CC(C)c1cc(C(=O)N2CCC(c3ccccn3)C2)[nH]n1. The van der Waals surface area contributed by atoms with Crippen LogP contribution < -0.4 is 0 Å². The van der Waals surface area contributed by atoms with Crippen molar-refractivity contribution in [2.24, 2.45) is 0 Å². The predicted octanol–water partition coefficient (Wildman–Crippen LogP) is 2.56. The van der Waals surface area contributed by atoms with Crippen LogP contribution in [-0.4, -0.2) is 39.1 Å². The number of carbonyl (C=O) groups is 1. The highest BCUT2D eigenvalue weighted by Gasteiger charge is 2.29. The summed E-state index contributed by atoms with van der Waals surface area (Å²) in [6.07, 6.45) is 2.78. The van der Waals surface area contributed by atoms with Crippen LogP contribution in [0.25, 0.3) is 0 Å². The van der Waals surface area contributed by atoms with E-state index in [0.717, 1.165) is 30.9 Å². The minimum absolute atomic E-state index is 0.0350. The van der Waals surface area contributed by atoms with Crippen LogP contribution >= 0.6 is 0 Å². The molecule has 0 bridgehead atoms. The molecule has 5 heteroatoms. The maximum Gasteiger partial charge on any atom is 0.271 e. The number of amides is 1. The number of H-pyrrole nitrogens is 1. The largest absolute Gasteiger partial charge is 0.337 e. The Labute approximate surface area is 124 Å². The fraction of sp³-hybridized carbons (Fsp3) is 0.438. The number of likely N-dealkylation sites (tertiary alicyclic amines) is 1. The third-order valence-electron chi connectivity index (χ3n) is 4.00. The Morgan fingerprint density at radius 1 is 1.43 bits per heavy atom. The van der Waals surface area contributed by atoms with Gasteiger partial charge in [-0.3, -0.25) is 14.9 Å². The van der Waals surface area contributed by atoms with E-state index in [0.29, 0.717) is 17.5 Å². The van der Waals surface area contributed by atoms with Gasteiger partial charge in [-0.2, -0.15) is 5.10 Å². The molecule has 3 rings (SSSR count). The summed E-state index contributed by atoms with van der Waals surface area (Å²) in [5.41, 5.74) is 2.58. The van der Waals surface area contributed by atoms with Gasteiger partial charge in [0, 0.05) is 30.9 Å². The average molecular weight is 284 g/mol. The molecule has 5 nitrogen and oxygen atoms in total. The van der Waals surface area contributed by atoms with E-state index < -0.39 is 0 Å². The van der Waals surface area contributed by atoms with E-state index in [-0.39, 0.29) is 5.91 Å². The molecule has 2 aromatic rings. The van der Waals surface area contributed by atoms with Gasteiger partial charge in [0.25, 0.3) is 5.91 Å². The van der Waals surface area contributed by atoms with Crippen LogP contribution in [0.15, 0.2) is 30.5 Å². The third-order valence-corrected chi connectivity index (χ3v) is 4.00. The topological polar surface area (TPSA) is 61.9 Å². The fourth-order valence-corrected chi connectivity index (χ4v) is 2.72.